The number of aromatic nitrogens is 3. The summed E-state index contributed by atoms with van der Waals surface area (Å²) in [7, 11) is 1.62. The van der Waals surface area contributed by atoms with Crippen molar-refractivity contribution < 1.29 is 9.84 Å². The van der Waals surface area contributed by atoms with Gasteiger partial charge >= 0.3 is 0 Å². The number of hydrogen-bond acceptors (Lipinski definition) is 5. The molecule has 6 heteroatoms. The predicted molar refractivity (Wildman–Crippen MR) is 76.0 cm³/mol. The van der Waals surface area contributed by atoms with Gasteiger partial charge in [0.15, 0.2) is 5.65 Å². The highest BCUT2D eigenvalue weighted by Gasteiger charge is 2.12. The molecular weight excluding hydrogens is 268 g/mol. The molecule has 1 N–H and O–H groups in total. The van der Waals surface area contributed by atoms with E-state index in [1.54, 1.807) is 11.8 Å². The Morgan fingerprint density at radius 3 is 2.71 bits per heavy atom. The van der Waals surface area contributed by atoms with Crippen LogP contribution >= 0.6 is 0 Å². The van der Waals surface area contributed by atoms with E-state index in [4.69, 9.17) is 10.00 Å². The number of rotatable bonds is 3. The number of nitrogens with zero attached hydrogens (tertiary/aromatic N) is 4. The molecule has 3 aromatic rings. The van der Waals surface area contributed by atoms with Crippen LogP contribution in [0.2, 0.25) is 0 Å². The molecule has 0 aliphatic heterocycles. The highest BCUT2D eigenvalue weighted by atomic mass is 16.5. The van der Waals surface area contributed by atoms with Crippen molar-refractivity contribution in [3.8, 4) is 17.6 Å². The van der Waals surface area contributed by atoms with Crippen LogP contribution in [0.3, 0.4) is 0 Å². The molecule has 21 heavy (non-hydrogen) atoms. The van der Waals surface area contributed by atoms with Crippen LogP contribution in [0.25, 0.3) is 11.0 Å². The summed E-state index contributed by atoms with van der Waals surface area (Å²) in [5.41, 5.74) is 1.72. The minimum Gasteiger partial charge on any atom is -0.506 e. The molecule has 0 unspecified atom stereocenters. The summed E-state index contributed by atoms with van der Waals surface area (Å²) in [5.74, 6) is 0.710. The standard InChI is InChI=1S/C15H12N4O2/c1-21-12-4-2-10(3-5-12)9-19-15-13(8-18-19)14(20)11(6-16)7-17-15/h2-5,7-8H,9H2,1H3,(H,17,20). The summed E-state index contributed by atoms with van der Waals surface area (Å²) < 4.78 is 6.80. The summed E-state index contributed by atoms with van der Waals surface area (Å²) in [4.78, 5) is 4.20. The third-order valence-corrected chi connectivity index (χ3v) is 3.25. The van der Waals surface area contributed by atoms with E-state index in [9.17, 15) is 5.11 Å². The molecule has 0 fully saturated rings. The lowest BCUT2D eigenvalue weighted by Crippen LogP contribution is -2.02. The van der Waals surface area contributed by atoms with E-state index in [1.807, 2.05) is 30.3 Å². The number of aromatic hydroxyl groups is 1. The van der Waals surface area contributed by atoms with Gasteiger partial charge in [-0.3, -0.25) is 0 Å². The number of fused-ring (bicyclic) bond motifs is 1. The van der Waals surface area contributed by atoms with Crippen LogP contribution in [0.15, 0.2) is 36.7 Å². The third kappa shape index (κ3) is 2.25. The van der Waals surface area contributed by atoms with Crippen LogP contribution in [-0.4, -0.2) is 27.0 Å². The molecule has 1 aromatic carbocycles. The summed E-state index contributed by atoms with van der Waals surface area (Å²) in [6, 6.07) is 9.53. The topological polar surface area (TPSA) is 84.0 Å². The van der Waals surface area contributed by atoms with Crippen molar-refractivity contribution >= 4 is 11.0 Å². The molecule has 0 radical (unpaired) electrons. The summed E-state index contributed by atoms with van der Waals surface area (Å²) in [6.45, 7) is 0.520. The van der Waals surface area contributed by atoms with Gasteiger partial charge in [-0.25, -0.2) is 9.67 Å². The second kappa shape index (κ2) is 5.13. The number of benzene rings is 1. The third-order valence-electron chi connectivity index (χ3n) is 3.25. The van der Waals surface area contributed by atoms with Crippen molar-refractivity contribution in [2.75, 3.05) is 7.11 Å². The molecule has 0 aliphatic rings. The quantitative estimate of drug-likeness (QED) is 0.794. The average Bonchev–Trinajstić information content (AvgIpc) is 2.92. The lowest BCUT2D eigenvalue weighted by Gasteiger charge is -2.05. The first kappa shape index (κ1) is 12.9. The van der Waals surface area contributed by atoms with Crippen molar-refractivity contribution in [1.82, 2.24) is 14.8 Å². The summed E-state index contributed by atoms with van der Waals surface area (Å²) >= 11 is 0. The van der Waals surface area contributed by atoms with E-state index in [-0.39, 0.29) is 11.3 Å². The molecule has 0 saturated heterocycles. The molecule has 2 heterocycles. The van der Waals surface area contributed by atoms with Crippen LogP contribution in [0.4, 0.5) is 0 Å². The Balaban J connectivity index is 1.97. The molecule has 0 atom stereocenters. The minimum absolute atomic E-state index is 0.0801. The van der Waals surface area contributed by atoms with Gasteiger partial charge in [-0.2, -0.15) is 10.4 Å². The fraction of sp³-hybridized carbons (Fsp3) is 0.133. The Kier molecular flexibility index (Phi) is 3.16. The maximum absolute atomic E-state index is 9.96. The lowest BCUT2D eigenvalue weighted by molar-refractivity contribution is 0.414. The number of pyridine rings is 1. The largest absolute Gasteiger partial charge is 0.506 e. The van der Waals surface area contributed by atoms with E-state index in [2.05, 4.69) is 10.1 Å². The molecule has 0 spiro atoms. The van der Waals surface area contributed by atoms with Crippen molar-refractivity contribution in [2.45, 2.75) is 6.54 Å². The molecule has 0 amide bonds. The van der Waals surface area contributed by atoms with Gasteiger partial charge in [0.25, 0.3) is 0 Å². The Bertz CT molecular complexity index is 831. The maximum Gasteiger partial charge on any atom is 0.161 e. The van der Waals surface area contributed by atoms with E-state index >= 15 is 0 Å². The van der Waals surface area contributed by atoms with Gasteiger partial charge in [-0.15, -0.1) is 0 Å². The lowest BCUT2D eigenvalue weighted by atomic mass is 10.2. The van der Waals surface area contributed by atoms with Gasteiger partial charge in [0.2, 0.25) is 0 Å². The van der Waals surface area contributed by atoms with Crippen molar-refractivity contribution in [3.63, 3.8) is 0 Å². The Labute approximate surface area is 120 Å². The van der Waals surface area contributed by atoms with Gasteiger partial charge in [-0.1, -0.05) is 12.1 Å². The van der Waals surface area contributed by atoms with Crippen LogP contribution in [0, 0.1) is 11.3 Å². The molecule has 104 valence electrons. The zero-order chi connectivity index (χ0) is 14.8. The number of hydrogen-bond donors (Lipinski definition) is 1. The van der Waals surface area contributed by atoms with Crippen LogP contribution in [0.5, 0.6) is 11.5 Å². The van der Waals surface area contributed by atoms with E-state index in [0.717, 1.165) is 11.3 Å². The van der Waals surface area contributed by atoms with Crippen LogP contribution in [-0.2, 0) is 6.54 Å². The first-order chi connectivity index (χ1) is 10.2. The van der Waals surface area contributed by atoms with Crippen LogP contribution < -0.4 is 4.74 Å². The molecular formula is C15H12N4O2. The SMILES string of the molecule is COc1ccc(Cn2ncc3c(O)c(C#N)cnc32)cc1. The number of nitriles is 1. The first-order valence-electron chi connectivity index (χ1n) is 6.29. The predicted octanol–water partition coefficient (Wildman–Crippen LogP) is 2.07. The van der Waals surface area contributed by atoms with Gasteiger partial charge in [0, 0.05) is 0 Å². The Hall–Kier alpha value is -3.07. The zero-order valence-electron chi connectivity index (χ0n) is 11.3. The second-order valence-corrected chi connectivity index (χ2v) is 4.52. The summed E-state index contributed by atoms with van der Waals surface area (Å²) in [6.07, 6.45) is 2.87. The Morgan fingerprint density at radius 1 is 1.29 bits per heavy atom. The van der Waals surface area contributed by atoms with E-state index < -0.39 is 0 Å². The van der Waals surface area contributed by atoms with Crippen LogP contribution in [0.1, 0.15) is 11.1 Å². The second-order valence-electron chi connectivity index (χ2n) is 4.52. The number of ether oxygens (including phenoxy) is 1. The molecule has 0 bridgehead atoms. The highest BCUT2D eigenvalue weighted by Crippen LogP contribution is 2.26. The summed E-state index contributed by atoms with van der Waals surface area (Å²) in [5, 5.41) is 23.5. The highest BCUT2D eigenvalue weighted by molar-refractivity contribution is 5.83. The molecule has 3 rings (SSSR count). The van der Waals surface area contributed by atoms with Crippen molar-refractivity contribution in [2.24, 2.45) is 0 Å². The maximum atomic E-state index is 9.96. The number of methoxy groups -OCH3 is 1. The molecule has 0 aliphatic carbocycles. The Morgan fingerprint density at radius 2 is 2.05 bits per heavy atom. The van der Waals surface area contributed by atoms with Gasteiger partial charge in [0.1, 0.15) is 23.1 Å². The van der Waals surface area contributed by atoms with Gasteiger partial charge in [-0.05, 0) is 17.7 Å². The monoisotopic (exact) mass is 280 g/mol. The van der Waals surface area contributed by atoms with E-state index in [0.29, 0.717) is 17.6 Å². The fourth-order valence-electron chi connectivity index (χ4n) is 2.12. The first-order valence-corrected chi connectivity index (χ1v) is 6.29. The van der Waals surface area contributed by atoms with Crippen molar-refractivity contribution in [1.29, 1.82) is 5.26 Å². The zero-order valence-corrected chi connectivity index (χ0v) is 11.3. The minimum atomic E-state index is -0.0801. The van der Waals surface area contributed by atoms with Gasteiger partial charge < -0.3 is 9.84 Å². The molecule has 0 saturated carbocycles. The normalized spacial score (nSPS) is 10.5. The molecule has 6 nitrogen and oxygen atoms in total. The smallest absolute Gasteiger partial charge is 0.161 e. The molecule has 2 aromatic heterocycles. The van der Waals surface area contributed by atoms with Crippen molar-refractivity contribution in [3.05, 3.63) is 47.8 Å². The fourth-order valence-corrected chi connectivity index (χ4v) is 2.12. The average molecular weight is 280 g/mol. The van der Waals surface area contributed by atoms with Gasteiger partial charge in [0.05, 0.1) is 31.4 Å². The van der Waals surface area contributed by atoms with E-state index in [1.165, 1.54) is 12.4 Å².